The number of aryl methyl sites for hydroxylation is 3. The van der Waals surface area contributed by atoms with Crippen molar-refractivity contribution in [1.82, 2.24) is 4.90 Å². The third kappa shape index (κ3) is 4.11. The molecule has 2 aromatic rings. The van der Waals surface area contributed by atoms with Crippen LogP contribution in [0.25, 0.3) is 0 Å². The van der Waals surface area contributed by atoms with Crippen molar-refractivity contribution in [3.63, 3.8) is 0 Å². The van der Waals surface area contributed by atoms with Crippen molar-refractivity contribution in [2.24, 2.45) is 5.92 Å². The fourth-order valence-corrected chi connectivity index (χ4v) is 5.01. The number of fused-ring (bicyclic) bond motifs is 1. The van der Waals surface area contributed by atoms with E-state index in [0.717, 1.165) is 50.2 Å². The van der Waals surface area contributed by atoms with E-state index in [1.807, 2.05) is 12.1 Å². The normalized spacial score (nSPS) is 20.1. The molecule has 1 aliphatic heterocycles. The first-order valence-corrected chi connectivity index (χ1v) is 10.7. The average molecular weight is 398 g/mol. The Hall–Kier alpha value is -1.84. The van der Waals surface area contributed by atoms with Crippen LogP contribution in [-0.2, 0) is 28.8 Å². The van der Waals surface area contributed by atoms with Gasteiger partial charge in [-0.25, -0.2) is 0 Å². The molecule has 0 bridgehead atoms. The highest BCUT2D eigenvalue weighted by molar-refractivity contribution is 6.31. The molecule has 1 unspecified atom stereocenters. The van der Waals surface area contributed by atoms with Crippen LogP contribution in [0.5, 0.6) is 0 Å². The summed E-state index contributed by atoms with van der Waals surface area (Å²) in [6.45, 7) is 1.97. The highest BCUT2D eigenvalue weighted by atomic mass is 35.5. The Bertz CT molecular complexity index is 842. The molecule has 0 radical (unpaired) electrons. The largest absolute Gasteiger partial charge is 0.469 e. The standard InChI is InChI=1S/C24H28ClNO2/c1-28-24(27)19-12-14-26(15-13-19)23-11-9-20-16-17(7-10-21(20)23)6-8-18-4-2-3-5-22(18)25/h2-5,7,10,16,19,23H,6,8-9,11-15H2,1H3. The number of methoxy groups -OCH3 is 1. The van der Waals surface area contributed by atoms with E-state index in [2.05, 4.69) is 35.2 Å². The van der Waals surface area contributed by atoms with Crippen LogP contribution in [0.4, 0.5) is 0 Å². The maximum absolute atomic E-state index is 11.8. The SMILES string of the molecule is COC(=O)C1CCN(C2CCc3cc(CCc4ccccc4Cl)ccc32)CC1. The maximum Gasteiger partial charge on any atom is 0.308 e. The second-order valence-electron chi connectivity index (χ2n) is 8.01. The molecule has 4 rings (SSSR count). The third-order valence-electron chi connectivity index (χ3n) is 6.40. The first-order valence-electron chi connectivity index (χ1n) is 10.3. The lowest BCUT2D eigenvalue weighted by atomic mass is 9.94. The van der Waals surface area contributed by atoms with E-state index in [1.165, 1.54) is 35.8 Å². The minimum Gasteiger partial charge on any atom is -0.469 e. The average Bonchev–Trinajstić information content (AvgIpc) is 3.16. The fourth-order valence-electron chi connectivity index (χ4n) is 4.78. The first-order chi connectivity index (χ1) is 13.7. The topological polar surface area (TPSA) is 29.5 Å². The molecular formula is C24H28ClNO2. The molecule has 1 saturated heterocycles. The van der Waals surface area contributed by atoms with E-state index >= 15 is 0 Å². The molecule has 1 atom stereocenters. The number of piperidine rings is 1. The number of likely N-dealkylation sites (tertiary alicyclic amines) is 1. The molecule has 0 aromatic heterocycles. The van der Waals surface area contributed by atoms with Gasteiger partial charge >= 0.3 is 5.97 Å². The van der Waals surface area contributed by atoms with Gasteiger partial charge in [0.25, 0.3) is 0 Å². The number of carbonyl (C=O) groups excluding carboxylic acids is 1. The van der Waals surface area contributed by atoms with Crippen LogP contribution >= 0.6 is 11.6 Å². The number of hydrogen-bond acceptors (Lipinski definition) is 3. The van der Waals surface area contributed by atoms with Crippen LogP contribution in [0.2, 0.25) is 5.02 Å². The quantitative estimate of drug-likeness (QED) is 0.665. The summed E-state index contributed by atoms with van der Waals surface area (Å²) in [6, 6.07) is 15.6. The van der Waals surface area contributed by atoms with E-state index in [-0.39, 0.29) is 11.9 Å². The maximum atomic E-state index is 11.8. The van der Waals surface area contributed by atoms with E-state index < -0.39 is 0 Å². The number of nitrogens with zero attached hydrogens (tertiary/aromatic N) is 1. The number of esters is 1. The van der Waals surface area contributed by atoms with Gasteiger partial charge in [0.05, 0.1) is 13.0 Å². The molecule has 0 saturated carbocycles. The molecule has 3 nitrogen and oxygen atoms in total. The smallest absolute Gasteiger partial charge is 0.308 e. The van der Waals surface area contributed by atoms with E-state index in [1.54, 1.807) is 0 Å². The Morgan fingerprint density at radius 3 is 2.64 bits per heavy atom. The molecule has 0 amide bonds. The monoisotopic (exact) mass is 397 g/mol. The molecule has 1 fully saturated rings. The van der Waals surface area contributed by atoms with Gasteiger partial charge in [0.2, 0.25) is 0 Å². The van der Waals surface area contributed by atoms with Gasteiger partial charge in [-0.2, -0.15) is 0 Å². The van der Waals surface area contributed by atoms with Crippen molar-refractivity contribution in [1.29, 1.82) is 0 Å². The van der Waals surface area contributed by atoms with Gasteiger partial charge < -0.3 is 4.74 Å². The van der Waals surface area contributed by atoms with Gasteiger partial charge in [-0.05, 0) is 79.9 Å². The molecule has 0 N–H and O–H groups in total. The van der Waals surface area contributed by atoms with Crippen molar-refractivity contribution < 1.29 is 9.53 Å². The lowest BCUT2D eigenvalue weighted by Gasteiger charge is -2.35. The van der Waals surface area contributed by atoms with Crippen LogP contribution in [0.3, 0.4) is 0 Å². The number of benzene rings is 2. The Balaban J connectivity index is 1.39. The van der Waals surface area contributed by atoms with Crippen LogP contribution in [-0.4, -0.2) is 31.1 Å². The summed E-state index contributed by atoms with van der Waals surface area (Å²) in [4.78, 5) is 14.3. The van der Waals surface area contributed by atoms with E-state index in [9.17, 15) is 4.79 Å². The zero-order valence-corrected chi connectivity index (χ0v) is 17.3. The molecule has 148 valence electrons. The van der Waals surface area contributed by atoms with Gasteiger partial charge in [0.15, 0.2) is 0 Å². The number of carbonyl (C=O) groups is 1. The number of ether oxygens (including phenoxy) is 1. The molecule has 1 aliphatic carbocycles. The summed E-state index contributed by atoms with van der Waals surface area (Å²) < 4.78 is 4.92. The first kappa shape index (κ1) is 19.5. The fraction of sp³-hybridized carbons (Fsp3) is 0.458. The van der Waals surface area contributed by atoms with Gasteiger partial charge in [-0.3, -0.25) is 9.69 Å². The molecule has 4 heteroatoms. The highest BCUT2D eigenvalue weighted by Gasteiger charge is 2.33. The van der Waals surface area contributed by atoms with Gasteiger partial charge in [0.1, 0.15) is 0 Å². The van der Waals surface area contributed by atoms with E-state index in [0.29, 0.717) is 6.04 Å². The van der Waals surface area contributed by atoms with Crippen molar-refractivity contribution in [3.8, 4) is 0 Å². The van der Waals surface area contributed by atoms with Gasteiger partial charge in [0, 0.05) is 11.1 Å². The van der Waals surface area contributed by atoms with E-state index in [4.69, 9.17) is 16.3 Å². The molecule has 2 aromatic carbocycles. The highest BCUT2D eigenvalue weighted by Crippen LogP contribution is 2.38. The Morgan fingerprint density at radius 2 is 1.89 bits per heavy atom. The Morgan fingerprint density at radius 1 is 1.11 bits per heavy atom. The summed E-state index contributed by atoms with van der Waals surface area (Å²) >= 11 is 6.29. The summed E-state index contributed by atoms with van der Waals surface area (Å²) in [7, 11) is 1.49. The minimum atomic E-state index is -0.0466. The lowest BCUT2D eigenvalue weighted by molar-refractivity contribution is -0.147. The van der Waals surface area contributed by atoms with Crippen molar-refractivity contribution in [2.45, 2.75) is 44.6 Å². The van der Waals surface area contributed by atoms with Gasteiger partial charge in [-0.15, -0.1) is 0 Å². The number of hydrogen-bond donors (Lipinski definition) is 0. The van der Waals surface area contributed by atoms with Crippen LogP contribution < -0.4 is 0 Å². The molecule has 1 heterocycles. The zero-order valence-electron chi connectivity index (χ0n) is 16.5. The molecular weight excluding hydrogens is 370 g/mol. The minimum absolute atomic E-state index is 0.0466. The summed E-state index contributed by atoms with van der Waals surface area (Å²) in [6.07, 6.45) is 6.15. The predicted octanol–water partition coefficient (Wildman–Crippen LogP) is 5.00. The second-order valence-corrected chi connectivity index (χ2v) is 8.42. The Labute approximate surface area is 172 Å². The summed E-state index contributed by atoms with van der Waals surface area (Å²) in [5, 5.41) is 0.860. The third-order valence-corrected chi connectivity index (χ3v) is 6.77. The number of halogens is 1. The van der Waals surface area contributed by atoms with Crippen molar-refractivity contribution in [2.75, 3.05) is 20.2 Å². The molecule has 0 spiro atoms. The second kappa shape index (κ2) is 8.67. The lowest BCUT2D eigenvalue weighted by Crippen LogP contribution is -2.38. The van der Waals surface area contributed by atoms with Crippen LogP contribution in [0, 0.1) is 5.92 Å². The van der Waals surface area contributed by atoms with Crippen molar-refractivity contribution >= 4 is 17.6 Å². The van der Waals surface area contributed by atoms with Gasteiger partial charge in [-0.1, -0.05) is 48.0 Å². The zero-order chi connectivity index (χ0) is 19.5. The predicted molar refractivity (Wildman–Crippen MR) is 113 cm³/mol. The van der Waals surface area contributed by atoms with Crippen LogP contribution in [0.15, 0.2) is 42.5 Å². The molecule has 28 heavy (non-hydrogen) atoms. The van der Waals surface area contributed by atoms with Crippen LogP contribution in [0.1, 0.15) is 47.6 Å². The summed E-state index contributed by atoms with van der Waals surface area (Å²) in [5.41, 5.74) is 5.59. The van der Waals surface area contributed by atoms with Crippen molar-refractivity contribution in [3.05, 3.63) is 69.7 Å². The summed E-state index contributed by atoms with van der Waals surface area (Å²) in [5.74, 6) is 0.0314. The number of rotatable bonds is 5. The molecule has 2 aliphatic rings. The Kier molecular flexibility index (Phi) is 6.03.